The average Bonchev–Trinajstić information content (AvgIpc) is 2.46. The van der Waals surface area contributed by atoms with Crippen molar-refractivity contribution in [2.24, 2.45) is 0 Å². The molecule has 0 amide bonds. The molecule has 3 nitrogen and oxygen atoms in total. The summed E-state index contributed by atoms with van der Waals surface area (Å²) in [6, 6.07) is 18.3. The number of aliphatic hydroxyl groups is 1. The molecule has 0 aromatic heterocycles. The minimum absolute atomic E-state index is 0.265. The van der Waals surface area contributed by atoms with Crippen LogP contribution in [0.1, 0.15) is 12.8 Å². The highest BCUT2D eigenvalue weighted by atomic mass is 16.2. The molecule has 0 aliphatic heterocycles. The van der Waals surface area contributed by atoms with Crippen LogP contribution in [0.3, 0.4) is 0 Å². The third-order valence-electron chi connectivity index (χ3n) is 2.86. The molecule has 0 saturated carbocycles. The van der Waals surface area contributed by atoms with E-state index < -0.39 is 0 Å². The van der Waals surface area contributed by atoms with Gasteiger partial charge < -0.3 is 15.7 Å². The fraction of sp³-hybridized carbons (Fsp3) is 0.250. The van der Waals surface area contributed by atoms with Gasteiger partial charge in [-0.2, -0.15) is 0 Å². The van der Waals surface area contributed by atoms with Gasteiger partial charge in [0.2, 0.25) is 0 Å². The highest BCUT2D eigenvalue weighted by Crippen LogP contribution is 2.18. The zero-order chi connectivity index (χ0) is 13.3. The van der Waals surface area contributed by atoms with Crippen LogP contribution in [0.5, 0.6) is 0 Å². The zero-order valence-corrected chi connectivity index (χ0v) is 11.0. The van der Waals surface area contributed by atoms with Crippen molar-refractivity contribution in [1.82, 2.24) is 0 Å². The Labute approximate surface area is 114 Å². The number of hydrogen-bond donors (Lipinski definition) is 3. The highest BCUT2D eigenvalue weighted by Gasteiger charge is 1.95. The van der Waals surface area contributed by atoms with Gasteiger partial charge in [0, 0.05) is 30.2 Å². The van der Waals surface area contributed by atoms with Crippen LogP contribution < -0.4 is 10.6 Å². The maximum atomic E-state index is 8.70. The van der Waals surface area contributed by atoms with Crippen molar-refractivity contribution in [3.05, 3.63) is 54.6 Å². The van der Waals surface area contributed by atoms with Crippen LogP contribution in [0.25, 0.3) is 0 Å². The third kappa shape index (κ3) is 4.64. The van der Waals surface area contributed by atoms with E-state index in [-0.39, 0.29) is 6.61 Å². The molecule has 0 aliphatic rings. The number of anilines is 3. The number of nitrogens with one attached hydrogen (secondary N) is 2. The summed E-state index contributed by atoms with van der Waals surface area (Å²) < 4.78 is 0. The van der Waals surface area contributed by atoms with Crippen LogP contribution in [-0.2, 0) is 0 Å². The fourth-order valence-electron chi connectivity index (χ4n) is 1.83. The van der Waals surface area contributed by atoms with Crippen molar-refractivity contribution in [2.45, 2.75) is 12.8 Å². The Morgan fingerprint density at radius 1 is 0.737 bits per heavy atom. The number of benzene rings is 2. The Bertz CT molecular complexity index is 468. The quantitative estimate of drug-likeness (QED) is 0.663. The van der Waals surface area contributed by atoms with Gasteiger partial charge in [0.15, 0.2) is 0 Å². The Morgan fingerprint density at radius 3 is 2.05 bits per heavy atom. The number of unbranched alkanes of at least 4 members (excludes halogenated alkanes) is 1. The van der Waals surface area contributed by atoms with Gasteiger partial charge in [0.25, 0.3) is 0 Å². The van der Waals surface area contributed by atoms with E-state index in [2.05, 4.69) is 34.9 Å². The van der Waals surface area contributed by atoms with Gasteiger partial charge >= 0.3 is 0 Å². The van der Waals surface area contributed by atoms with Crippen LogP contribution >= 0.6 is 0 Å². The molecule has 2 aromatic rings. The molecule has 3 N–H and O–H groups in total. The number of rotatable bonds is 7. The predicted octanol–water partition coefficient (Wildman–Crippen LogP) is 3.61. The lowest BCUT2D eigenvalue weighted by Gasteiger charge is -2.09. The Morgan fingerprint density at radius 2 is 1.37 bits per heavy atom. The van der Waals surface area contributed by atoms with Gasteiger partial charge in [-0.05, 0) is 49.2 Å². The van der Waals surface area contributed by atoms with E-state index in [1.54, 1.807) is 0 Å². The van der Waals surface area contributed by atoms with E-state index >= 15 is 0 Å². The summed E-state index contributed by atoms with van der Waals surface area (Å²) in [6.07, 6.45) is 1.83. The summed E-state index contributed by atoms with van der Waals surface area (Å²) >= 11 is 0. The van der Waals surface area contributed by atoms with E-state index in [9.17, 15) is 0 Å². The Balaban J connectivity index is 1.84. The van der Waals surface area contributed by atoms with Gasteiger partial charge in [-0.25, -0.2) is 0 Å². The normalized spacial score (nSPS) is 10.2. The SMILES string of the molecule is OCCCCNc1ccc(Nc2ccccc2)cc1. The number of aliphatic hydroxyl groups excluding tert-OH is 1. The zero-order valence-electron chi connectivity index (χ0n) is 11.0. The molecule has 2 aromatic carbocycles. The first kappa shape index (κ1) is 13.4. The largest absolute Gasteiger partial charge is 0.396 e. The van der Waals surface area contributed by atoms with Crippen LogP contribution in [0.4, 0.5) is 17.1 Å². The van der Waals surface area contributed by atoms with Crippen LogP contribution in [0.15, 0.2) is 54.6 Å². The van der Waals surface area contributed by atoms with Crippen molar-refractivity contribution >= 4 is 17.1 Å². The number of para-hydroxylation sites is 1. The average molecular weight is 256 g/mol. The summed E-state index contributed by atoms with van der Waals surface area (Å²) in [5.74, 6) is 0. The molecule has 0 saturated heterocycles. The molecule has 0 fully saturated rings. The minimum atomic E-state index is 0.265. The topological polar surface area (TPSA) is 44.3 Å². The van der Waals surface area contributed by atoms with Crippen LogP contribution in [0.2, 0.25) is 0 Å². The molecule has 3 heteroatoms. The lowest BCUT2D eigenvalue weighted by atomic mass is 10.2. The van der Waals surface area contributed by atoms with Crippen molar-refractivity contribution in [3.8, 4) is 0 Å². The van der Waals surface area contributed by atoms with Gasteiger partial charge in [0.05, 0.1) is 0 Å². The second kappa shape index (κ2) is 7.44. The van der Waals surface area contributed by atoms with E-state index in [0.29, 0.717) is 0 Å². The summed E-state index contributed by atoms with van der Waals surface area (Å²) in [4.78, 5) is 0. The summed E-state index contributed by atoms with van der Waals surface area (Å²) in [5, 5.41) is 15.4. The van der Waals surface area contributed by atoms with E-state index in [1.165, 1.54) is 0 Å². The van der Waals surface area contributed by atoms with Gasteiger partial charge in [-0.3, -0.25) is 0 Å². The Hall–Kier alpha value is -2.00. The molecule has 0 heterocycles. The molecule has 0 unspecified atom stereocenters. The van der Waals surface area contributed by atoms with E-state index in [0.717, 1.165) is 36.4 Å². The molecule has 2 rings (SSSR count). The first-order valence-electron chi connectivity index (χ1n) is 6.65. The lowest BCUT2D eigenvalue weighted by Crippen LogP contribution is -2.02. The Kier molecular flexibility index (Phi) is 5.26. The van der Waals surface area contributed by atoms with Gasteiger partial charge in [-0.1, -0.05) is 18.2 Å². The van der Waals surface area contributed by atoms with E-state index in [1.807, 2.05) is 30.3 Å². The third-order valence-corrected chi connectivity index (χ3v) is 2.86. The molecular formula is C16H20N2O. The van der Waals surface area contributed by atoms with Crippen molar-refractivity contribution in [2.75, 3.05) is 23.8 Å². The molecule has 19 heavy (non-hydrogen) atoms. The maximum Gasteiger partial charge on any atom is 0.0431 e. The van der Waals surface area contributed by atoms with Crippen molar-refractivity contribution in [3.63, 3.8) is 0 Å². The maximum absolute atomic E-state index is 8.70. The van der Waals surface area contributed by atoms with Crippen molar-refractivity contribution in [1.29, 1.82) is 0 Å². The van der Waals surface area contributed by atoms with Crippen molar-refractivity contribution < 1.29 is 5.11 Å². The van der Waals surface area contributed by atoms with Crippen LogP contribution in [0, 0.1) is 0 Å². The second-order valence-corrected chi connectivity index (χ2v) is 4.43. The smallest absolute Gasteiger partial charge is 0.0431 e. The fourth-order valence-corrected chi connectivity index (χ4v) is 1.83. The summed E-state index contributed by atoms with van der Waals surface area (Å²) in [6.45, 7) is 1.16. The monoisotopic (exact) mass is 256 g/mol. The van der Waals surface area contributed by atoms with Crippen LogP contribution in [-0.4, -0.2) is 18.3 Å². The summed E-state index contributed by atoms with van der Waals surface area (Å²) in [7, 11) is 0. The molecular weight excluding hydrogens is 236 g/mol. The molecule has 0 spiro atoms. The molecule has 0 bridgehead atoms. The van der Waals surface area contributed by atoms with Gasteiger partial charge in [-0.15, -0.1) is 0 Å². The predicted molar refractivity (Wildman–Crippen MR) is 81.0 cm³/mol. The van der Waals surface area contributed by atoms with Gasteiger partial charge in [0.1, 0.15) is 0 Å². The first-order chi connectivity index (χ1) is 9.38. The molecule has 100 valence electrons. The summed E-state index contributed by atoms with van der Waals surface area (Å²) in [5.41, 5.74) is 3.27. The standard InChI is InChI=1S/C16H20N2O/c19-13-5-4-12-17-14-8-10-16(11-9-14)18-15-6-2-1-3-7-15/h1-3,6-11,17-19H,4-5,12-13H2. The van der Waals surface area contributed by atoms with E-state index in [4.69, 9.17) is 5.11 Å². The second-order valence-electron chi connectivity index (χ2n) is 4.43. The lowest BCUT2D eigenvalue weighted by molar-refractivity contribution is 0.286. The molecule has 0 aliphatic carbocycles. The molecule has 0 atom stereocenters. The molecule has 0 radical (unpaired) electrons. The minimum Gasteiger partial charge on any atom is -0.396 e. The number of hydrogen-bond acceptors (Lipinski definition) is 3. The highest BCUT2D eigenvalue weighted by molar-refractivity contribution is 5.62. The first-order valence-corrected chi connectivity index (χ1v) is 6.65.